The maximum atomic E-state index is 14.9. The molecule has 0 saturated carbocycles. The number of nitrogens with two attached hydrogens (primary N) is 3. The van der Waals surface area contributed by atoms with Gasteiger partial charge in [-0.25, -0.2) is 0 Å². The van der Waals surface area contributed by atoms with Crippen LogP contribution in [0, 0.1) is 11.8 Å². The molecule has 0 spiro atoms. The third kappa shape index (κ3) is 16.7. The maximum Gasteiger partial charge on any atom is 0.244 e. The van der Waals surface area contributed by atoms with Gasteiger partial charge in [-0.05, 0) is 84.7 Å². The molecule has 0 radical (unpaired) electrons. The van der Waals surface area contributed by atoms with Gasteiger partial charge in [-0.15, -0.1) is 0 Å². The number of hydrogen-bond donors (Lipinski definition) is 12. The van der Waals surface area contributed by atoms with Crippen molar-refractivity contribution in [1.29, 1.82) is 0 Å². The first kappa shape index (κ1) is 60.0. The normalized spacial score (nSPS) is 20.9. The van der Waals surface area contributed by atoms with Crippen molar-refractivity contribution in [1.82, 2.24) is 41.9 Å². The lowest BCUT2D eigenvalue weighted by Gasteiger charge is -2.29. The Hall–Kier alpha value is -7.66. The van der Waals surface area contributed by atoms with Crippen LogP contribution in [-0.4, -0.2) is 123 Å². The Labute approximate surface area is 471 Å². The molecule has 7 amide bonds. The van der Waals surface area contributed by atoms with Crippen molar-refractivity contribution in [3.05, 3.63) is 138 Å². The van der Waals surface area contributed by atoms with E-state index in [4.69, 9.17) is 17.2 Å². The minimum Gasteiger partial charge on any atom is -0.508 e. The molecule has 1 aliphatic rings. The van der Waals surface area contributed by atoms with E-state index in [2.05, 4.69) is 41.9 Å². The Balaban J connectivity index is 1.25. The van der Waals surface area contributed by atoms with Crippen molar-refractivity contribution in [2.24, 2.45) is 29.0 Å². The average molecular weight is 1130 g/mol. The van der Waals surface area contributed by atoms with E-state index >= 15 is 0 Å². The number of phenolic OH excluding ortho intramolecular Hbond substituents is 1. The second-order valence-corrected chi connectivity index (χ2v) is 23.0. The summed E-state index contributed by atoms with van der Waals surface area (Å²) in [5.74, 6) is -7.58. The molecule has 8 atom stereocenters. The Kier molecular flexibility index (Phi) is 21.7. The number of phenols is 1. The van der Waals surface area contributed by atoms with E-state index in [1.165, 1.54) is 12.1 Å². The number of aromatic amines is 2. The summed E-state index contributed by atoms with van der Waals surface area (Å²) < 4.78 is 0. The first-order valence-corrected chi connectivity index (χ1v) is 29.2. The van der Waals surface area contributed by atoms with Crippen LogP contribution in [0.15, 0.2) is 116 Å². The van der Waals surface area contributed by atoms with Crippen LogP contribution in [0.5, 0.6) is 5.75 Å². The van der Waals surface area contributed by atoms with Gasteiger partial charge in [0.25, 0.3) is 0 Å². The number of hydrogen-bond acceptors (Lipinski definition) is 13. The highest BCUT2D eigenvalue weighted by atomic mass is 33.1. The number of amides is 7. The van der Waals surface area contributed by atoms with Crippen molar-refractivity contribution in [3.63, 3.8) is 0 Å². The quantitative estimate of drug-likeness (QED) is 0.0410. The lowest BCUT2D eigenvalue weighted by atomic mass is 9.95. The molecule has 0 unspecified atom stereocenters. The Morgan fingerprint density at radius 3 is 1.86 bits per heavy atom. The molecule has 1 fully saturated rings. The lowest BCUT2D eigenvalue weighted by molar-refractivity contribution is -0.136. The number of primary amides is 1. The molecule has 1 aliphatic heterocycles. The molecule has 1 saturated heterocycles. The number of carbonyl (C=O) groups excluding carboxylic acids is 8. The first-order valence-electron chi connectivity index (χ1n) is 26.7. The summed E-state index contributed by atoms with van der Waals surface area (Å²) in [6.45, 7) is 3.70. The van der Waals surface area contributed by atoms with E-state index < -0.39 is 101 Å². The van der Waals surface area contributed by atoms with Crippen LogP contribution in [0.4, 0.5) is 0 Å². The van der Waals surface area contributed by atoms with E-state index in [1.54, 1.807) is 38.4 Å². The molecule has 4 aromatic carbocycles. The number of para-hydroxylation sites is 2. The number of H-pyrrole nitrogens is 2. The Morgan fingerprint density at radius 1 is 0.637 bits per heavy atom. The van der Waals surface area contributed by atoms with Crippen LogP contribution in [0.2, 0.25) is 0 Å². The van der Waals surface area contributed by atoms with Gasteiger partial charge < -0.3 is 64.2 Å². The van der Waals surface area contributed by atoms with Crippen LogP contribution in [-0.2, 0) is 64.0 Å². The molecule has 22 heteroatoms. The highest BCUT2D eigenvalue weighted by molar-refractivity contribution is 8.76. The van der Waals surface area contributed by atoms with E-state index in [-0.39, 0.29) is 55.8 Å². The van der Waals surface area contributed by atoms with Gasteiger partial charge >= 0.3 is 0 Å². The molecule has 2 aromatic heterocycles. The van der Waals surface area contributed by atoms with Crippen LogP contribution in [0.25, 0.3) is 21.8 Å². The van der Waals surface area contributed by atoms with Crippen LogP contribution in [0.1, 0.15) is 61.8 Å². The zero-order valence-corrected chi connectivity index (χ0v) is 46.3. The summed E-state index contributed by atoms with van der Waals surface area (Å²) in [5, 5.41) is 28.7. The van der Waals surface area contributed by atoms with E-state index in [0.717, 1.165) is 49.0 Å². The van der Waals surface area contributed by atoms with Gasteiger partial charge in [0.15, 0.2) is 5.78 Å². The zero-order valence-electron chi connectivity index (χ0n) is 44.7. The second-order valence-electron chi connectivity index (χ2n) is 20.5. The largest absolute Gasteiger partial charge is 0.508 e. The number of Topliss-reactive ketones (excluding diaryl/α,β-unsaturated/α-hetero) is 1. The predicted octanol–water partition coefficient (Wildman–Crippen LogP) is 3.10. The number of unbranched alkanes of at least 4 members (excludes halogenated alkanes) is 1. The van der Waals surface area contributed by atoms with Crippen molar-refractivity contribution in [2.75, 3.05) is 18.1 Å². The summed E-state index contributed by atoms with van der Waals surface area (Å²) in [7, 11) is 2.23. The van der Waals surface area contributed by atoms with Gasteiger partial charge in [0, 0.05) is 71.4 Å². The minimum absolute atomic E-state index is 0.0151. The van der Waals surface area contributed by atoms with Crippen LogP contribution in [0.3, 0.4) is 0 Å². The number of fused-ring (bicyclic) bond motifs is 2. The highest BCUT2D eigenvalue weighted by Crippen LogP contribution is 2.28. The predicted molar refractivity (Wildman–Crippen MR) is 310 cm³/mol. The molecular formula is C58H71N11O9S2. The van der Waals surface area contributed by atoms with E-state index in [9.17, 15) is 43.5 Å². The standard InChI is InChI=1S/C58H71N11O9S2/c1-33(2)51-58(78)68-49(57(77)65-46(52(61)72)26-36-29-62-43-16-8-6-14-40(36)43)32-80-79-31-38(28-50(71)42(60)24-34-12-4-3-5-13-34)53(73)66-47(25-35-19-21-39(70)22-20-35)55(75)67-48(27-37-30-63-44-17-9-7-15-41(37)44)56(76)64-45(54(74)69-51)18-10-11-23-59/h3-9,12-17,19-22,29-30,33,38,42,45-49,51,62-63,70H,10-11,18,23-28,31-32,59-60H2,1-2H3,(H2,61,72)(H,64,76)(H,65,77)(H,66,73)(H,67,75)(H,68,78)(H,69,74)/t38-,42+,45-,46-,47-,48+,49-,51-/m0/s1. The van der Waals surface area contributed by atoms with Crippen molar-refractivity contribution in [2.45, 2.75) is 108 Å². The molecule has 80 heavy (non-hydrogen) atoms. The number of aromatic hydroxyl groups is 1. The first-order chi connectivity index (χ1) is 38.5. The smallest absolute Gasteiger partial charge is 0.244 e. The van der Waals surface area contributed by atoms with Gasteiger partial charge in [0.05, 0.1) is 12.0 Å². The fourth-order valence-corrected chi connectivity index (χ4v) is 12.0. The van der Waals surface area contributed by atoms with Crippen molar-refractivity contribution in [3.8, 4) is 5.75 Å². The number of benzene rings is 4. The Morgan fingerprint density at radius 2 is 1.21 bits per heavy atom. The summed E-state index contributed by atoms with van der Waals surface area (Å²) in [5.41, 5.74) is 22.6. The zero-order chi connectivity index (χ0) is 57.3. The third-order valence-corrected chi connectivity index (χ3v) is 16.6. The number of rotatable bonds is 19. The summed E-state index contributed by atoms with van der Waals surface area (Å²) >= 11 is 0. The fourth-order valence-electron chi connectivity index (χ4n) is 9.50. The molecule has 3 heterocycles. The number of nitrogens with one attached hydrogen (secondary N) is 8. The summed E-state index contributed by atoms with van der Waals surface area (Å²) in [4.78, 5) is 122. The number of aromatic nitrogens is 2. The molecule has 0 bridgehead atoms. The number of carbonyl (C=O) groups is 8. The third-order valence-electron chi connectivity index (χ3n) is 14.1. The molecule has 6 aromatic rings. The van der Waals surface area contributed by atoms with Gasteiger partial charge in [0.2, 0.25) is 41.4 Å². The maximum absolute atomic E-state index is 14.9. The SMILES string of the molecule is CC(C)[C@@H]1NC(=O)[C@H](CCCCN)NC(=O)[C@@H](Cc2c[nH]c3ccccc23)NC(=O)[C@H](Cc2ccc(O)cc2)NC(=O)[C@@H](CC(=O)[C@H](N)Cc2ccccc2)CSSC[C@@H](C(=O)N[C@@H](Cc2c[nH]c3ccccc23)C(N)=O)NC1=O. The second kappa shape index (κ2) is 29.0. The monoisotopic (exact) mass is 1130 g/mol. The van der Waals surface area contributed by atoms with Crippen molar-refractivity contribution >= 4 is 90.5 Å². The number of ketones is 1. The lowest BCUT2D eigenvalue weighted by Crippen LogP contribution is -2.61. The van der Waals surface area contributed by atoms with Crippen LogP contribution < -0.4 is 49.1 Å². The van der Waals surface area contributed by atoms with E-state index in [0.29, 0.717) is 36.1 Å². The summed E-state index contributed by atoms with van der Waals surface area (Å²) in [6.07, 6.45) is 4.10. The van der Waals surface area contributed by atoms with Gasteiger partial charge in [-0.3, -0.25) is 38.4 Å². The molecule has 424 valence electrons. The highest BCUT2D eigenvalue weighted by Gasteiger charge is 2.36. The average Bonchev–Trinajstić information content (AvgIpc) is 4.06. The summed E-state index contributed by atoms with van der Waals surface area (Å²) in [6, 6.07) is 21.3. The van der Waals surface area contributed by atoms with Gasteiger partial charge in [-0.2, -0.15) is 0 Å². The van der Waals surface area contributed by atoms with Crippen LogP contribution >= 0.6 is 21.6 Å². The minimum atomic E-state index is -1.36. The molecule has 15 N–H and O–H groups in total. The van der Waals surface area contributed by atoms with Gasteiger partial charge in [0.1, 0.15) is 42.0 Å². The molecule has 7 rings (SSSR count). The molecular weight excluding hydrogens is 1060 g/mol. The fraction of sp³-hybridized carbons (Fsp3) is 0.379. The molecule has 0 aliphatic carbocycles. The Bertz CT molecular complexity index is 3120. The van der Waals surface area contributed by atoms with Crippen molar-refractivity contribution < 1.29 is 43.5 Å². The van der Waals surface area contributed by atoms with E-state index in [1.807, 2.05) is 78.9 Å². The molecule has 20 nitrogen and oxygen atoms in total. The van der Waals surface area contributed by atoms with Gasteiger partial charge in [-0.1, -0.05) is 114 Å². The topological polar surface area (TPSA) is 339 Å².